The molecule has 0 heterocycles. The van der Waals surface area contributed by atoms with E-state index in [1.165, 1.54) is 37.4 Å². The molecule has 0 aliphatic carbocycles. The highest BCUT2D eigenvalue weighted by molar-refractivity contribution is 6.30. The first kappa shape index (κ1) is 18.3. The lowest BCUT2D eigenvalue weighted by Crippen LogP contribution is -2.43. The Balaban J connectivity index is 1.85. The summed E-state index contributed by atoms with van der Waals surface area (Å²) in [6.07, 6.45) is 0.672. The fourth-order valence-corrected chi connectivity index (χ4v) is 1.98. The van der Waals surface area contributed by atoms with E-state index in [1.807, 2.05) is 0 Å². The summed E-state index contributed by atoms with van der Waals surface area (Å²) in [7, 11) is 1.42. The lowest BCUT2D eigenvalue weighted by Gasteiger charge is -2.11. The molecule has 0 saturated carbocycles. The molecule has 7 nitrogen and oxygen atoms in total. The fourth-order valence-electron chi connectivity index (χ4n) is 1.86. The summed E-state index contributed by atoms with van der Waals surface area (Å²) in [5.74, 6) is -0.434. The van der Waals surface area contributed by atoms with Crippen molar-refractivity contribution in [3.05, 3.63) is 58.6 Å². The zero-order valence-corrected chi connectivity index (χ0v) is 14.0. The van der Waals surface area contributed by atoms with Crippen molar-refractivity contribution in [1.82, 2.24) is 10.9 Å². The molecule has 2 aromatic rings. The van der Waals surface area contributed by atoms with Gasteiger partial charge in [-0.25, -0.2) is 0 Å². The summed E-state index contributed by atoms with van der Waals surface area (Å²) in [5.41, 5.74) is 5.26. The molecule has 2 rings (SSSR count). The van der Waals surface area contributed by atoms with Crippen LogP contribution in [0.2, 0.25) is 5.02 Å². The normalized spacial score (nSPS) is 9.84. The predicted molar refractivity (Wildman–Crippen MR) is 90.9 cm³/mol. The average Bonchev–Trinajstić information content (AvgIpc) is 2.64. The molecule has 0 unspecified atom stereocenters. The van der Waals surface area contributed by atoms with Crippen LogP contribution < -0.4 is 20.3 Å². The number of carbonyl (C=O) groups excluding carboxylic acids is 3. The fraction of sp³-hybridized carbons (Fsp3) is 0.118. The van der Waals surface area contributed by atoms with E-state index in [9.17, 15) is 14.4 Å². The molecule has 25 heavy (non-hydrogen) atoms. The van der Waals surface area contributed by atoms with E-state index in [1.54, 1.807) is 12.1 Å². The molecule has 0 spiro atoms. The molecule has 0 atom stereocenters. The SMILES string of the molecule is COc1cc(C=O)ccc1OCC(=O)NNC(=O)c1ccc(Cl)cc1. The maximum absolute atomic E-state index is 11.8. The monoisotopic (exact) mass is 362 g/mol. The van der Waals surface area contributed by atoms with Crippen molar-refractivity contribution in [2.45, 2.75) is 0 Å². The Morgan fingerprint density at radius 1 is 1.08 bits per heavy atom. The van der Waals surface area contributed by atoms with Crippen LogP contribution in [0.5, 0.6) is 11.5 Å². The largest absolute Gasteiger partial charge is 0.493 e. The zero-order valence-electron chi connectivity index (χ0n) is 13.2. The van der Waals surface area contributed by atoms with E-state index in [-0.39, 0.29) is 6.61 Å². The van der Waals surface area contributed by atoms with Crippen LogP contribution in [-0.2, 0) is 4.79 Å². The lowest BCUT2D eigenvalue weighted by atomic mass is 10.2. The number of methoxy groups -OCH3 is 1. The Hall–Kier alpha value is -3.06. The summed E-state index contributed by atoms with van der Waals surface area (Å²) in [6.45, 7) is -0.350. The van der Waals surface area contributed by atoms with Crippen LogP contribution in [0.3, 0.4) is 0 Å². The van der Waals surface area contributed by atoms with Gasteiger partial charge in [0.05, 0.1) is 7.11 Å². The maximum Gasteiger partial charge on any atom is 0.276 e. The zero-order chi connectivity index (χ0) is 18.2. The van der Waals surface area contributed by atoms with Crippen LogP contribution in [0.4, 0.5) is 0 Å². The van der Waals surface area contributed by atoms with E-state index < -0.39 is 11.8 Å². The van der Waals surface area contributed by atoms with Crippen molar-refractivity contribution >= 4 is 29.7 Å². The molecule has 130 valence electrons. The second-order valence-corrected chi connectivity index (χ2v) is 5.26. The molecule has 2 N–H and O–H groups in total. The van der Waals surface area contributed by atoms with Gasteiger partial charge in [0.15, 0.2) is 18.1 Å². The van der Waals surface area contributed by atoms with Crippen LogP contribution in [0.25, 0.3) is 0 Å². The van der Waals surface area contributed by atoms with Gasteiger partial charge in [-0.2, -0.15) is 0 Å². The molecule has 8 heteroatoms. The minimum Gasteiger partial charge on any atom is -0.493 e. The molecule has 0 fully saturated rings. The number of aldehydes is 1. The number of hydrazine groups is 1. The smallest absolute Gasteiger partial charge is 0.276 e. The number of carbonyl (C=O) groups is 3. The van der Waals surface area contributed by atoms with Crippen LogP contribution in [-0.4, -0.2) is 31.8 Å². The summed E-state index contributed by atoms with van der Waals surface area (Å²) in [6, 6.07) is 10.7. The highest BCUT2D eigenvalue weighted by Gasteiger charge is 2.10. The third-order valence-electron chi connectivity index (χ3n) is 3.10. The molecule has 2 aromatic carbocycles. The van der Waals surface area contributed by atoms with Crippen LogP contribution in [0.15, 0.2) is 42.5 Å². The first-order chi connectivity index (χ1) is 12.0. The van der Waals surface area contributed by atoms with E-state index in [0.29, 0.717) is 33.9 Å². The summed E-state index contributed by atoms with van der Waals surface area (Å²) >= 11 is 5.74. The number of nitrogens with one attached hydrogen (secondary N) is 2. The number of hydrogen-bond donors (Lipinski definition) is 2. The first-order valence-corrected chi connectivity index (χ1v) is 7.52. The van der Waals surface area contributed by atoms with Crippen molar-refractivity contribution in [2.24, 2.45) is 0 Å². The number of halogens is 1. The lowest BCUT2D eigenvalue weighted by molar-refractivity contribution is -0.123. The van der Waals surface area contributed by atoms with Crippen LogP contribution in [0.1, 0.15) is 20.7 Å². The third kappa shape index (κ3) is 5.22. The van der Waals surface area contributed by atoms with Crippen molar-refractivity contribution in [2.75, 3.05) is 13.7 Å². The van der Waals surface area contributed by atoms with E-state index in [4.69, 9.17) is 21.1 Å². The molecular formula is C17H15ClN2O5. The Kier molecular flexibility index (Phi) is 6.36. The highest BCUT2D eigenvalue weighted by atomic mass is 35.5. The number of benzene rings is 2. The van der Waals surface area contributed by atoms with E-state index >= 15 is 0 Å². The number of amides is 2. The first-order valence-electron chi connectivity index (χ1n) is 7.14. The van der Waals surface area contributed by atoms with Gasteiger partial charge in [-0.3, -0.25) is 25.2 Å². The average molecular weight is 363 g/mol. The molecule has 0 aliphatic rings. The topological polar surface area (TPSA) is 93.7 Å². The van der Waals surface area contributed by atoms with Gasteiger partial charge in [-0.15, -0.1) is 0 Å². The molecule has 0 radical (unpaired) electrons. The van der Waals surface area contributed by atoms with Gasteiger partial charge in [0.1, 0.15) is 6.29 Å². The van der Waals surface area contributed by atoms with Gasteiger partial charge in [0, 0.05) is 16.1 Å². The van der Waals surface area contributed by atoms with Crippen molar-refractivity contribution in [1.29, 1.82) is 0 Å². The second kappa shape index (κ2) is 8.70. The number of hydrogen-bond acceptors (Lipinski definition) is 5. The van der Waals surface area contributed by atoms with Gasteiger partial charge in [-0.1, -0.05) is 11.6 Å². The van der Waals surface area contributed by atoms with Crippen LogP contribution in [0, 0.1) is 0 Å². The Bertz CT molecular complexity index is 777. The Morgan fingerprint density at radius 3 is 2.44 bits per heavy atom. The molecule has 0 aromatic heterocycles. The van der Waals surface area contributed by atoms with Gasteiger partial charge in [-0.05, 0) is 42.5 Å². The molecule has 0 aliphatic heterocycles. The third-order valence-corrected chi connectivity index (χ3v) is 3.36. The van der Waals surface area contributed by atoms with E-state index in [2.05, 4.69) is 10.9 Å². The van der Waals surface area contributed by atoms with Gasteiger partial charge >= 0.3 is 0 Å². The van der Waals surface area contributed by atoms with E-state index in [0.717, 1.165) is 0 Å². The minimum absolute atomic E-state index is 0.298. The molecule has 0 bridgehead atoms. The summed E-state index contributed by atoms with van der Waals surface area (Å²) < 4.78 is 10.4. The van der Waals surface area contributed by atoms with Gasteiger partial charge in [0.25, 0.3) is 11.8 Å². The number of rotatable bonds is 6. The van der Waals surface area contributed by atoms with Crippen molar-refractivity contribution in [3.63, 3.8) is 0 Å². The van der Waals surface area contributed by atoms with Crippen LogP contribution >= 0.6 is 11.6 Å². The molecule has 0 saturated heterocycles. The standard InChI is InChI=1S/C17H15ClN2O5/c1-24-15-8-11(9-21)2-7-14(15)25-10-16(22)19-20-17(23)12-3-5-13(18)6-4-12/h2-9H,10H2,1H3,(H,19,22)(H,20,23). The summed E-state index contributed by atoms with van der Waals surface area (Å²) in [5, 5.41) is 0.503. The maximum atomic E-state index is 11.8. The molecular weight excluding hydrogens is 348 g/mol. The Labute approximate surface area is 148 Å². The molecule has 2 amide bonds. The van der Waals surface area contributed by atoms with Crippen molar-refractivity contribution < 1.29 is 23.9 Å². The van der Waals surface area contributed by atoms with Gasteiger partial charge in [0.2, 0.25) is 0 Å². The minimum atomic E-state index is -0.566. The number of ether oxygens (including phenoxy) is 2. The second-order valence-electron chi connectivity index (χ2n) is 4.83. The predicted octanol–water partition coefficient (Wildman–Crippen LogP) is 2.00. The highest BCUT2D eigenvalue weighted by Crippen LogP contribution is 2.27. The van der Waals surface area contributed by atoms with Gasteiger partial charge < -0.3 is 9.47 Å². The quantitative estimate of drug-likeness (QED) is 0.605. The van der Waals surface area contributed by atoms with Crippen molar-refractivity contribution in [3.8, 4) is 11.5 Å². The Morgan fingerprint density at radius 2 is 1.80 bits per heavy atom. The summed E-state index contributed by atoms with van der Waals surface area (Å²) in [4.78, 5) is 34.3.